The molecule has 1 rings (SSSR count). The summed E-state index contributed by atoms with van der Waals surface area (Å²) in [5, 5.41) is 0. The van der Waals surface area contributed by atoms with Crippen LogP contribution in [0.5, 0.6) is 5.88 Å². The number of aromatic nitrogens is 2. The lowest BCUT2D eigenvalue weighted by Gasteiger charge is -2.15. The highest BCUT2D eigenvalue weighted by Gasteiger charge is 2.09. The summed E-state index contributed by atoms with van der Waals surface area (Å²) in [5.41, 5.74) is 5.65. The van der Waals surface area contributed by atoms with Crippen molar-refractivity contribution in [3.05, 3.63) is 12.4 Å². The fourth-order valence-electron chi connectivity index (χ4n) is 1.54. The van der Waals surface area contributed by atoms with Crippen molar-refractivity contribution in [1.29, 1.82) is 0 Å². The van der Waals surface area contributed by atoms with E-state index in [9.17, 15) is 0 Å². The lowest BCUT2D eigenvalue weighted by molar-refractivity contribution is 0.226. The molecule has 0 amide bonds. The molecule has 0 aromatic carbocycles. The summed E-state index contributed by atoms with van der Waals surface area (Å²) in [6.07, 6.45) is 7.96. The third-order valence-corrected chi connectivity index (χ3v) is 2.69. The molecule has 0 radical (unpaired) electrons. The van der Waals surface area contributed by atoms with Crippen molar-refractivity contribution in [2.75, 3.05) is 12.3 Å². The van der Waals surface area contributed by atoms with Gasteiger partial charge in [0, 0.05) is 12.4 Å². The summed E-state index contributed by atoms with van der Waals surface area (Å²) < 4.78 is 5.59. The highest BCUT2D eigenvalue weighted by Crippen LogP contribution is 2.17. The third kappa shape index (κ3) is 4.04. The quantitative estimate of drug-likeness (QED) is 0.772. The zero-order valence-corrected chi connectivity index (χ0v) is 10.1. The molecule has 90 valence electrons. The van der Waals surface area contributed by atoms with E-state index >= 15 is 0 Å². The first-order chi connectivity index (χ1) is 7.77. The van der Waals surface area contributed by atoms with E-state index in [0.29, 0.717) is 24.2 Å². The van der Waals surface area contributed by atoms with Gasteiger partial charge in [-0.3, -0.25) is 0 Å². The van der Waals surface area contributed by atoms with E-state index in [4.69, 9.17) is 10.5 Å². The zero-order chi connectivity index (χ0) is 11.8. The normalized spacial score (nSPS) is 12.4. The molecule has 0 aliphatic carbocycles. The Morgan fingerprint density at radius 1 is 1.31 bits per heavy atom. The smallest absolute Gasteiger partial charge is 0.257 e. The predicted octanol–water partition coefficient (Wildman–Crippen LogP) is 2.65. The Morgan fingerprint density at radius 3 is 2.69 bits per heavy atom. The number of unbranched alkanes of at least 4 members (excludes halogenated alkanes) is 1. The van der Waals surface area contributed by atoms with E-state index < -0.39 is 0 Å². The Morgan fingerprint density at radius 2 is 2.06 bits per heavy atom. The average Bonchev–Trinajstić information content (AvgIpc) is 2.31. The molecular weight excluding hydrogens is 202 g/mol. The lowest BCUT2D eigenvalue weighted by Crippen LogP contribution is -2.13. The molecule has 0 saturated carbocycles. The van der Waals surface area contributed by atoms with Gasteiger partial charge in [-0.1, -0.05) is 33.1 Å². The second-order valence-electron chi connectivity index (χ2n) is 3.97. The molecule has 1 atom stereocenters. The van der Waals surface area contributed by atoms with E-state index in [-0.39, 0.29) is 0 Å². The number of rotatable bonds is 7. The van der Waals surface area contributed by atoms with Gasteiger partial charge in [0.25, 0.3) is 5.88 Å². The fourth-order valence-corrected chi connectivity index (χ4v) is 1.54. The Hall–Kier alpha value is -1.32. The van der Waals surface area contributed by atoms with E-state index in [1.54, 1.807) is 12.4 Å². The lowest BCUT2D eigenvalue weighted by atomic mass is 10.0. The van der Waals surface area contributed by atoms with Crippen molar-refractivity contribution in [3.63, 3.8) is 0 Å². The summed E-state index contributed by atoms with van der Waals surface area (Å²) in [7, 11) is 0. The van der Waals surface area contributed by atoms with Crippen LogP contribution in [0.1, 0.15) is 39.5 Å². The maximum atomic E-state index is 5.65. The van der Waals surface area contributed by atoms with Crippen molar-refractivity contribution < 1.29 is 4.74 Å². The van der Waals surface area contributed by atoms with Crippen LogP contribution in [0.2, 0.25) is 0 Å². The van der Waals surface area contributed by atoms with Gasteiger partial charge in [-0.25, -0.2) is 9.97 Å². The van der Waals surface area contributed by atoms with Crippen molar-refractivity contribution >= 4 is 5.82 Å². The summed E-state index contributed by atoms with van der Waals surface area (Å²) >= 11 is 0. The summed E-state index contributed by atoms with van der Waals surface area (Å²) in [5.74, 6) is 1.41. The van der Waals surface area contributed by atoms with Gasteiger partial charge in [0.2, 0.25) is 0 Å². The molecule has 0 fully saturated rings. The molecule has 2 N–H and O–H groups in total. The van der Waals surface area contributed by atoms with Crippen LogP contribution < -0.4 is 10.5 Å². The monoisotopic (exact) mass is 223 g/mol. The molecule has 0 aliphatic rings. The first-order valence-corrected chi connectivity index (χ1v) is 5.97. The molecule has 4 nitrogen and oxygen atoms in total. The summed E-state index contributed by atoms with van der Waals surface area (Å²) in [6, 6.07) is 0. The molecule has 0 saturated heterocycles. The van der Waals surface area contributed by atoms with Gasteiger partial charge in [-0.05, 0) is 12.3 Å². The minimum absolute atomic E-state index is 0.368. The second kappa shape index (κ2) is 7.04. The van der Waals surface area contributed by atoms with Gasteiger partial charge >= 0.3 is 0 Å². The number of nitrogens with zero attached hydrogens (tertiary/aromatic N) is 2. The van der Waals surface area contributed by atoms with Gasteiger partial charge < -0.3 is 10.5 Å². The van der Waals surface area contributed by atoms with Crippen molar-refractivity contribution in [1.82, 2.24) is 9.97 Å². The van der Waals surface area contributed by atoms with Crippen LogP contribution in [-0.2, 0) is 0 Å². The zero-order valence-electron chi connectivity index (χ0n) is 10.1. The molecular formula is C12H21N3O. The number of hydrogen-bond donors (Lipinski definition) is 1. The van der Waals surface area contributed by atoms with E-state index in [1.807, 2.05) is 0 Å². The van der Waals surface area contributed by atoms with E-state index in [2.05, 4.69) is 23.8 Å². The minimum Gasteiger partial charge on any atom is -0.475 e. The Bertz CT molecular complexity index is 304. The summed E-state index contributed by atoms with van der Waals surface area (Å²) in [4.78, 5) is 7.99. The van der Waals surface area contributed by atoms with Crippen LogP contribution in [0.15, 0.2) is 12.4 Å². The molecule has 1 aromatic heterocycles. The Balaban J connectivity index is 2.40. The van der Waals surface area contributed by atoms with Gasteiger partial charge in [0.15, 0.2) is 5.82 Å². The SMILES string of the molecule is CCCCC(CC)COc1nccnc1N. The third-order valence-electron chi connectivity index (χ3n) is 2.69. The second-order valence-corrected chi connectivity index (χ2v) is 3.97. The predicted molar refractivity (Wildman–Crippen MR) is 65.2 cm³/mol. The van der Waals surface area contributed by atoms with Crippen LogP contribution in [0, 0.1) is 5.92 Å². The van der Waals surface area contributed by atoms with Crippen molar-refractivity contribution in [3.8, 4) is 5.88 Å². The summed E-state index contributed by atoms with van der Waals surface area (Å²) in [6.45, 7) is 5.07. The first-order valence-electron chi connectivity index (χ1n) is 5.97. The van der Waals surface area contributed by atoms with Gasteiger partial charge in [-0.2, -0.15) is 0 Å². The maximum Gasteiger partial charge on any atom is 0.257 e. The Kier molecular flexibility index (Phi) is 5.61. The maximum absolute atomic E-state index is 5.65. The standard InChI is InChI=1S/C12H21N3O/c1-3-5-6-10(4-2)9-16-12-11(13)14-7-8-15-12/h7-8,10H,3-6,9H2,1-2H3,(H2,13,14). The van der Waals surface area contributed by atoms with Gasteiger partial charge in [0.1, 0.15) is 0 Å². The van der Waals surface area contributed by atoms with Crippen LogP contribution >= 0.6 is 0 Å². The fraction of sp³-hybridized carbons (Fsp3) is 0.667. The number of hydrogen-bond acceptors (Lipinski definition) is 4. The van der Waals surface area contributed by atoms with Gasteiger partial charge in [-0.15, -0.1) is 0 Å². The molecule has 1 aromatic rings. The van der Waals surface area contributed by atoms with Crippen LogP contribution in [0.3, 0.4) is 0 Å². The topological polar surface area (TPSA) is 61.0 Å². The average molecular weight is 223 g/mol. The highest BCUT2D eigenvalue weighted by atomic mass is 16.5. The van der Waals surface area contributed by atoms with Gasteiger partial charge in [0.05, 0.1) is 6.61 Å². The largest absolute Gasteiger partial charge is 0.475 e. The molecule has 0 aliphatic heterocycles. The molecule has 1 unspecified atom stereocenters. The number of nitrogens with two attached hydrogens (primary N) is 1. The van der Waals surface area contributed by atoms with E-state index in [1.165, 1.54) is 19.3 Å². The molecule has 0 bridgehead atoms. The molecule has 4 heteroatoms. The van der Waals surface area contributed by atoms with E-state index in [0.717, 1.165) is 6.42 Å². The number of anilines is 1. The molecule has 16 heavy (non-hydrogen) atoms. The highest BCUT2D eigenvalue weighted by molar-refractivity contribution is 5.38. The van der Waals surface area contributed by atoms with Crippen LogP contribution in [0.25, 0.3) is 0 Å². The Labute approximate surface area is 97.2 Å². The van der Waals surface area contributed by atoms with Crippen molar-refractivity contribution in [2.24, 2.45) is 5.92 Å². The number of ether oxygens (including phenoxy) is 1. The first kappa shape index (κ1) is 12.7. The van der Waals surface area contributed by atoms with Crippen molar-refractivity contribution in [2.45, 2.75) is 39.5 Å². The number of nitrogen functional groups attached to an aromatic ring is 1. The molecule has 1 heterocycles. The van der Waals surface area contributed by atoms with Crippen LogP contribution in [0.4, 0.5) is 5.82 Å². The van der Waals surface area contributed by atoms with Crippen LogP contribution in [-0.4, -0.2) is 16.6 Å². The molecule has 0 spiro atoms. The minimum atomic E-state index is 0.368.